The first-order valence-corrected chi connectivity index (χ1v) is 8.97. The molecule has 0 bridgehead atoms. The Labute approximate surface area is 167 Å². The number of rotatable bonds is 7. The van der Waals surface area contributed by atoms with Gasteiger partial charge < -0.3 is 19.9 Å². The highest BCUT2D eigenvalue weighted by Crippen LogP contribution is 2.25. The van der Waals surface area contributed by atoms with E-state index >= 15 is 0 Å². The summed E-state index contributed by atoms with van der Waals surface area (Å²) in [4.78, 5) is 12.9. The second-order valence-corrected chi connectivity index (χ2v) is 6.03. The Hall–Kier alpha value is -3.97. The first-order valence-electron chi connectivity index (χ1n) is 8.97. The van der Waals surface area contributed by atoms with Crippen LogP contribution in [0.5, 0.6) is 23.5 Å². The molecule has 29 heavy (non-hydrogen) atoms. The van der Waals surface area contributed by atoms with Crippen molar-refractivity contribution in [1.29, 1.82) is 0 Å². The molecule has 4 rings (SSSR count). The van der Waals surface area contributed by atoms with Crippen LogP contribution in [0.2, 0.25) is 0 Å². The van der Waals surface area contributed by atoms with Crippen LogP contribution >= 0.6 is 0 Å². The van der Waals surface area contributed by atoms with Gasteiger partial charge in [-0.05, 0) is 42.0 Å². The summed E-state index contributed by atoms with van der Waals surface area (Å²) >= 11 is 0. The normalized spacial score (nSPS) is 10.4. The summed E-state index contributed by atoms with van der Waals surface area (Å²) in [6.45, 7) is -0.0177. The fraction of sp³-hybridized carbons (Fsp3) is 0.0455. The Balaban J connectivity index is 1.62. The van der Waals surface area contributed by atoms with Crippen LogP contribution in [0.1, 0.15) is 5.56 Å². The number of nitrogens with one attached hydrogen (secondary N) is 1. The SMILES string of the molecule is OCc1ccc(Nc2nc(Oc3ccccc3)nc(Oc3ccccc3)n2)cc1. The molecule has 0 saturated carbocycles. The predicted octanol–water partition coefficient (Wildman–Crippen LogP) is 4.69. The number of aromatic nitrogens is 3. The van der Waals surface area contributed by atoms with Crippen molar-refractivity contribution < 1.29 is 14.6 Å². The lowest BCUT2D eigenvalue weighted by Crippen LogP contribution is -2.03. The molecule has 1 heterocycles. The van der Waals surface area contributed by atoms with E-state index in [1.165, 1.54) is 0 Å². The summed E-state index contributed by atoms with van der Waals surface area (Å²) < 4.78 is 11.5. The highest BCUT2D eigenvalue weighted by Gasteiger charge is 2.11. The summed E-state index contributed by atoms with van der Waals surface area (Å²) in [5.41, 5.74) is 1.57. The first kappa shape index (κ1) is 18.4. The molecule has 0 spiro atoms. The zero-order valence-corrected chi connectivity index (χ0v) is 15.4. The number of benzene rings is 3. The van der Waals surface area contributed by atoms with Gasteiger partial charge in [0.1, 0.15) is 11.5 Å². The fourth-order valence-electron chi connectivity index (χ4n) is 2.50. The third-order valence-corrected chi connectivity index (χ3v) is 3.89. The van der Waals surface area contributed by atoms with Crippen LogP contribution in [0.4, 0.5) is 11.6 Å². The number of hydrogen-bond donors (Lipinski definition) is 2. The van der Waals surface area contributed by atoms with Gasteiger partial charge in [0.2, 0.25) is 5.95 Å². The molecule has 0 saturated heterocycles. The molecular weight excluding hydrogens is 368 g/mol. The molecule has 7 heteroatoms. The van der Waals surface area contributed by atoms with E-state index in [-0.39, 0.29) is 24.6 Å². The molecule has 0 fully saturated rings. The zero-order chi connectivity index (χ0) is 19.9. The molecule has 0 aliphatic carbocycles. The van der Waals surface area contributed by atoms with E-state index in [0.717, 1.165) is 11.3 Å². The van der Waals surface area contributed by atoms with E-state index < -0.39 is 0 Å². The van der Waals surface area contributed by atoms with E-state index in [1.54, 1.807) is 0 Å². The molecule has 0 atom stereocenters. The number of ether oxygens (including phenoxy) is 2. The van der Waals surface area contributed by atoms with Crippen molar-refractivity contribution in [3.63, 3.8) is 0 Å². The second kappa shape index (κ2) is 8.81. The Morgan fingerprint density at radius 1 is 0.655 bits per heavy atom. The van der Waals surface area contributed by atoms with Crippen molar-refractivity contribution >= 4 is 11.6 Å². The average molecular weight is 386 g/mol. The summed E-state index contributed by atoms with van der Waals surface area (Å²) in [5, 5.41) is 12.3. The summed E-state index contributed by atoms with van der Waals surface area (Å²) in [6, 6.07) is 25.9. The highest BCUT2D eigenvalue weighted by molar-refractivity contribution is 5.54. The van der Waals surface area contributed by atoms with Gasteiger partial charge in [0, 0.05) is 5.69 Å². The smallest absolute Gasteiger partial charge is 0.330 e. The summed E-state index contributed by atoms with van der Waals surface area (Å²) in [5.74, 6) is 1.47. The van der Waals surface area contributed by atoms with Crippen molar-refractivity contribution in [1.82, 2.24) is 15.0 Å². The Kier molecular flexibility index (Phi) is 5.59. The van der Waals surface area contributed by atoms with Crippen molar-refractivity contribution in [2.24, 2.45) is 0 Å². The lowest BCUT2D eigenvalue weighted by Gasteiger charge is -2.10. The van der Waals surface area contributed by atoms with E-state index in [0.29, 0.717) is 11.5 Å². The number of nitrogens with zero attached hydrogens (tertiary/aromatic N) is 3. The van der Waals surface area contributed by atoms with Gasteiger partial charge in [0.25, 0.3) is 0 Å². The van der Waals surface area contributed by atoms with Gasteiger partial charge in [0.15, 0.2) is 0 Å². The minimum atomic E-state index is -0.0177. The Morgan fingerprint density at radius 2 is 1.17 bits per heavy atom. The average Bonchev–Trinajstić information content (AvgIpc) is 2.76. The van der Waals surface area contributed by atoms with Crippen LogP contribution in [-0.4, -0.2) is 20.1 Å². The number of aliphatic hydroxyl groups excluding tert-OH is 1. The van der Waals surface area contributed by atoms with Crippen LogP contribution in [0.3, 0.4) is 0 Å². The quantitative estimate of drug-likeness (QED) is 0.476. The number of para-hydroxylation sites is 2. The van der Waals surface area contributed by atoms with E-state index in [4.69, 9.17) is 9.47 Å². The Morgan fingerprint density at radius 3 is 1.66 bits per heavy atom. The minimum absolute atomic E-state index is 0.0177. The maximum atomic E-state index is 9.18. The third kappa shape index (κ3) is 5.06. The van der Waals surface area contributed by atoms with Crippen LogP contribution in [-0.2, 0) is 6.61 Å². The molecule has 2 N–H and O–H groups in total. The lowest BCUT2D eigenvalue weighted by atomic mass is 10.2. The first-order chi connectivity index (χ1) is 14.3. The molecule has 0 radical (unpaired) electrons. The monoisotopic (exact) mass is 386 g/mol. The molecular formula is C22H18N4O3. The van der Waals surface area contributed by atoms with Gasteiger partial charge in [-0.1, -0.05) is 48.5 Å². The lowest BCUT2D eigenvalue weighted by molar-refractivity contribution is 0.282. The van der Waals surface area contributed by atoms with Crippen molar-refractivity contribution in [2.45, 2.75) is 6.61 Å². The molecule has 1 aromatic heterocycles. The van der Waals surface area contributed by atoms with Gasteiger partial charge >= 0.3 is 12.0 Å². The maximum absolute atomic E-state index is 9.18. The molecule has 3 aromatic carbocycles. The standard InChI is InChI=1S/C22H18N4O3/c27-15-16-11-13-17(14-12-16)23-20-24-21(28-18-7-3-1-4-8-18)26-22(25-20)29-19-9-5-2-6-10-19/h1-14,27H,15H2,(H,23,24,25,26). The van der Waals surface area contributed by atoms with Gasteiger partial charge in [-0.3, -0.25) is 0 Å². The summed E-state index contributed by atoms with van der Waals surface area (Å²) in [7, 11) is 0. The van der Waals surface area contributed by atoms with Crippen LogP contribution < -0.4 is 14.8 Å². The molecule has 0 unspecified atom stereocenters. The van der Waals surface area contributed by atoms with Crippen LogP contribution in [0.15, 0.2) is 84.9 Å². The topological polar surface area (TPSA) is 89.4 Å². The van der Waals surface area contributed by atoms with E-state index in [1.807, 2.05) is 84.9 Å². The number of aliphatic hydroxyl groups is 1. The van der Waals surface area contributed by atoms with E-state index in [9.17, 15) is 5.11 Å². The zero-order valence-electron chi connectivity index (χ0n) is 15.4. The fourth-order valence-corrected chi connectivity index (χ4v) is 2.50. The molecule has 7 nitrogen and oxygen atoms in total. The van der Waals surface area contributed by atoms with Gasteiger partial charge in [0.05, 0.1) is 6.61 Å². The largest absolute Gasteiger partial charge is 0.424 e. The van der Waals surface area contributed by atoms with Crippen LogP contribution in [0, 0.1) is 0 Å². The number of anilines is 2. The third-order valence-electron chi connectivity index (χ3n) is 3.89. The summed E-state index contributed by atoms with van der Waals surface area (Å²) in [6.07, 6.45) is 0. The van der Waals surface area contributed by atoms with Crippen molar-refractivity contribution in [3.8, 4) is 23.5 Å². The maximum Gasteiger partial charge on any atom is 0.330 e. The van der Waals surface area contributed by atoms with Gasteiger partial charge in [-0.15, -0.1) is 4.98 Å². The van der Waals surface area contributed by atoms with Crippen molar-refractivity contribution in [3.05, 3.63) is 90.5 Å². The molecule has 0 amide bonds. The number of hydrogen-bond acceptors (Lipinski definition) is 7. The highest BCUT2D eigenvalue weighted by atomic mass is 16.5. The molecule has 0 aliphatic heterocycles. The van der Waals surface area contributed by atoms with Crippen LogP contribution in [0.25, 0.3) is 0 Å². The minimum Gasteiger partial charge on any atom is -0.424 e. The van der Waals surface area contributed by atoms with Gasteiger partial charge in [-0.2, -0.15) is 9.97 Å². The van der Waals surface area contributed by atoms with E-state index in [2.05, 4.69) is 20.3 Å². The Bertz CT molecular complexity index is 999. The van der Waals surface area contributed by atoms with Gasteiger partial charge in [-0.25, -0.2) is 0 Å². The van der Waals surface area contributed by atoms with Crippen molar-refractivity contribution in [2.75, 3.05) is 5.32 Å². The molecule has 4 aromatic rings. The second-order valence-electron chi connectivity index (χ2n) is 6.03. The molecule has 0 aliphatic rings. The predicted molar refractivity (Wildman–Crippen MR) is 109 cm³/mol. The molecule has 144 valence electrons.